The topological polar surface area (TPSA) is 45.4 Å². The second kappa shape index (κ2) is 5.24. The summed E-state index contributed by atoms with van der Waals surface area (Å²) >= 11 is 0. The van der Waals surface area contributed by atoms with E-state index < -0.39 is 0 Å². The smallest absolute Gasteiger partial charge is 0.0569 e. The number of likely N-dealkylation sites (N-methyl/N-ethyl adjacent to an activating group) is 1. The molecule has 100 valence electrons. The molecule has 0 aromatic carbocycles. The maximum atomic E-state index is 5.82. The van der Waals surface area contributed by atoms with E-state index in [0.717, 1.165) is 18.8 Å². The largest absolute Gasteiger partial charge is 0.367 e. The first kappa shape index (κ1) is 13.3. The van der Waals surface area contributed by atoms with Gasteiger partial charge in [-0.05, 0) is 40.0 Å². The monoisotopic (exact) mass is 248 g/mol. The molecule has 0 aliphatic carbocycles. The van der Waals surface area contributed by atoms with Gasteiger partial charge in [0.15, 0.2) is 0 Å². The molecule has 1 aromatic heterocycles. The lowest BCUT2D eigenvalue weighted by Gasteiger charge is -2.43. The van der Waals surface area contributed by atoms with Crippen LogP contribution in [0, 0.1) is 0 Å². The predicted molar refractivity (Wildman–Crippen MR) is 75.7 cm³/mol. The van der Waals surface area contributed by atoms with Crippen molar-refractivity contribution in [1.82, 2.24) is 9.88 Å². The molecule has 1 saturated heterocycles. The summed E-state index contributed by atoms with van der Waals surface area (Å²) < 4.78 is 0. The molecule has 4 nitrogen and oxygen atoms in total. The fourth-order valence-electron chi connectivity index (χ4n) is 2.47. The SMILES string of the molecule is CC1CN(c2ccc([C@H](C)N)nc2)CC(C)N1C. The van der Waals surface area contributed by atoms with Crippen LogP contribution >= 0.6 is 0 Å². The number of hydrogen-bond donors (Lipinski definition) is 1. The number of piperazine rings is 1. The van der Waals surface area contributed by atoms with Crippen LogP contribution in [-0.2, 0) is 0 Å². The van der Waals surface area contributed by atoms with Crippen LogP contribution in [0.5, 0.6) is 0 Å². The Hall–Kier alpha value is -1.13. The molecule has 1 aliphatic rings. The Kier molecular flexibility index (Phi) is 3.88. The van der Waals surface area contributed by atoms with E-state index in [4.69, 9.17) is 5.73 Å². The van der Waals surface area contributed by atoms with E-state index in [1.807, 2.05) is 19.2 Å². The lowest BCUT2D eigenvalue weighted by atomic mass is 10.1. The van der Waals surface area contributed by atoms with Crippen molar-refractivity contribution < 1.29 is 0 Å². The van der Waals surface area contributed by atoms with E-state index >= 15 is 0 Å². The first-order chi connectivity index (χ1) is 8.49. The number of aromatic nitrogens is 1. The summed E-state index contributed by atoms with van der Waals surface area (Å²) in [4.78, 5) is 9.28. The van der Waals surface area contributed by atoms with Gasteiger partial charge in [0.05, 0.1) is 17.6 Å². The highest BCUT2D eigenvalue weighted by atomic mass is 15.3. The normalized spacial score (nSPS) is 27.3. The number of nitrogens with zero attached hydrogens (tertiary/aromatic N) is 3. The molecule has 1 aliphatic heterocycles. The highest BCUT2D eigenvalue weighted by molar-refractivity contribution is 5.45. The van der Waals surface area contributed by atoms with Gasteiger partial charge in [0.2, 0.25) is 0 Å². The van der Waals surface area contributed by atoms with E-state index in [9.17, 15) is 0 Å². The Bertz CT molecular complexity index is 375. The molecule has 0 bridgehead atoms. The zero-order valence-electron chi connectivity index (χ0n) is 11.8. The molecule has 0 spiro atoms. The van der Waals surface area contributed by atoms with Gasteiger partial charge in [-0.25, -0.2) is 0 Å². The van der Waals surface area contributed by atoms with Crippen molar-refractivity contribution in [2.45, 2.75) is 38.9 Å². The summed E-state index contributed by atoms with van der Waals surface area (Å²) in [6.45, 7) is 8.61. The standard InChI is InChI=1S/C14H24N4/c1-10-8-18(9-11(2)17(10)4)13-5-6-14(12(3)15)16-7-13/h5-7,10-12H,8-9,15H2,1-4H3/t10?,11?,12-/m0/s1. The van der Waals surface area contributed by atoms with Gasteiger partial charge < -0.3 is 10.6 Å². The molecular weight excluding hydrogens is 224 g/mol. The molecule has 2 heterocycles. The van der Waals surface area contributed by atoms with Crippen LogP contribution in [0.15, 0.2) is 18.3 Å². The van der Waals surface area contributed by atoms with E-state index in [1.165, 1.54) is 5.69 Å². The summed E-state index contributed by atoms with van der Waals surface area (Å²) in [7, 11) is 2.20. The van der Waals surface area contributed by atoms with Crippen LogP contribution in [-0.4, -0.2) is 42.1 Å². The molecular formula is C14H24N4. The van der Waals surface area contributed by atoms with E-state index in [0.29, 0.717) is 12.1 Å². The van der Waals surface area contributed by atoms with Crippen LogP contribution in [0.25, 0.3) is 0 Å². The third-order valence-corrected chi connectivity index (χ3v) is 3.96. The maximum Gasteiger partial charge on any atom is 0.0569 e. The highest BCUT2D eigenvalue weighted by Gasteiger charge is 2.26. The van der Waals surface area contributed by atoms with Gasteiger partial charge in [-0.15, -0.1) is 0 Å². The zero-order valence-corrected chi connectivity index (χ0v) is 11.8. The van der Waals surface area contributed by atoms with Gasteiger partial charge in [0.1, 0.15) is 0 Å². The summed E-state index contributed by atoms with van der Waals surface area (Å²) in [5.41, 5.74) is 7.97. The Morgan fingerprint density at radius 2 is 1.89 bits per heavy atom. The molecule has 18 heavy (non-hydrogen) atoms. The first-order valence-electron chi connectivity index (χ1n) is 6.67. The van der Waals surface area contributed by atoms with Crippen molar-refractivity contribution in [3.63, 3.8) is 0 Å². The van der Waals surface area contributed by atoms with Gasteiger partial charge in [0.25, 0.3) is 0 Å². The average molecular weight is 248 g/mol. The summed E-state index contributed by atoms with van der Waals surface area (Å²) in [6, 6.07) is 5.32. The Morgan fingerprint density at radius 3 is 2.33 bits per heavy atom. The number of hydrogen-bond acceptors (Lipinski definition) is 4. The summed E-state index contributed by atoms with van der Waals surface area (Å²) in [5.74, 6) is 0. The molecule has 2 N–H and O–H groups in total. The molecule has 0 saturated carbocycles. The number of nitrogens with two attached hydrogens (primary N) is 1. The fourth-order valence-corrected chi connectivity index (χ4v) is 2.47. The number of rotatable bonds is 2. The van der Waals surface area contributed by atoms with Crippen molar-refractivity contribution in [2.24, 2.45) is 5.73 Å². The molecule has 0 amide bonds. The highest BCUT2D eigenvalue weighted by Crippen LogP contribution is 2.21. The summed E-state index contributed by atoms with van der Waals surface area (Å²) in [6.07, 6.45) is 1.95. The van der Waals surface area contributed by atoms with E-state index in [-0.39, 0.29) is 6.04 Å². The Morgan fingerprint density at radius 1 is 1.28 bits per heavy atom. The number of anilines is 1. The first-order valence-corrected chi connectivity index (χ1v) is 6.67. The molecule has 4 heteroatoms. The minimum absolute atomic E-state index is 0.00406. The molecule has 1 aromatic rings. The second-order valence-electron chi connectivity index (χ2n) is 5.50. The molecule has 2 rings (SSSR count). The lowest BCUT2D eigenvalue weighted by molar-refractivity contribution is 0.170. The average Bonchev–Trinajstić information content (AvgIpc) is 2.35. The van der Waals surface area contributed by atoms with Crippen molar-refractivity contribution in [2.75, 3.05) is 25.0 Å². The van der Waals surface area contributed by atoms with Gasteiger partial charge in [-0.1, -0.05) is 0 Å². The van der Waals surface area contributed by atoms with Gasteiger partial charge in [0, 0.05) is 31.2 Å². The van der Waals surface area contributed by atoms with E-state index in [2.05, 4.69) is 41.7 Å². The summed E-state index contributed by atoms with van der Waals surface area (Å²) in [5, 5.41) is 0. The second-order valence-corrected chi connectivity index (χ2v) is 5.50. The van der Waals surface area contributed by atoms with Crippen LogP contribution < -0.4 is 10.6 Å². The molecule has 3 atom stereocenters. The lowest BCUT2D eigenvalue weighted by Crippen LogP contribution is -2.55. The van der Waals surface area contributed by atoms with Gasteiger partial charge in [-0.2, -0.15) is 0 Å². The predicted octanol–water partition coefficient (Wildman–Crippen LogP) is 1.63. The van der Waals surface area contributed by atoms with Gasteiger partial charge in [-0.3, -0.25) is 9.88 Å². The van der Waals surface area contributed by atoms with Crippen molar-refractivity contribution in [1.29, 1.82) is 0 Å². The van der Waals surface area contributed by atoms with Crippen LogP contribution in [0.2, 0.25) is 0 Å². The van der Waals surface area contributed by atoms with Crippen molar-refractivity contribution in [3.8, 4) is 0 Å². The molecule has 0 radical (unpaired) electrons. The Balaban J connectivity index is 2.12. The molecule has 1 fully saturated rings. The Labute approximate surface area is 110 Å². The van der Waals surface area contributed by atoms with E-state index in [1.54, 1.807) is 0 Å². The maximum absolute atomic E-state index is 5.82. The van der Waals surface area contributed by atoms with Crippen molar-refractivity contribution >= 4 is 5.69 Å². The third kappa shape index (κ3) is 2.65. The minimum Gasteiger partial charge on any atom is -0.367 e. The number of pyridine rings is 1. The third-order valence-electron chi connectivity index (χ3n) is 3.96. The fraction of sp³-hybridized carbons (Fsp3) is 0.643. The quantitative estimate of drug-likeness (QED) is 0.864. The van der Waals surface area contributed by atoms with Crippen LogP contribution in [0.3, 0.4) is 0 Å². The van der Waals surface area contributed by atoms with Crippen LogP contribution in [0.1, 0.15) is 32.5 Å². The van der Waals surface area contributed by atoms with Crippen molar-refractivity contribution in [3.05, 3.63) is 24.0 Å². The molecule has 2 unspecified atom stereocenters. The zero-order chi connectivity index (χ0) is 13.3. The van der Waals surface area contributed by atoms with Gasteiger partial charge >= 0.3 is 0 Å². The van der Waals surface area contributed by atoms with Crippen LogP contribution in [0.4, 0.5) is 5.69 Å². The minimum atomic E-state index is 0.00406.